The van der Waals surface area contributed by atoms with Gasteiger partial charge in [-0.2, -0.15) is 0 Å². The predicted octanol–water partition coefficient (Wildman–Crippen LogP) is 2.93. The van der Waals surface area contributed by atoms with Gasteiger partial charge in [0.2, 0.25) is 0 Å². The van der Waals surface area contributed by atoms with E-state index in [9.17, 15) is 0 Å². The molecular weight excluding hydrogens is 247 g/mol. The molecule has 0 spiro atoms. The van der Waals surface area contributed by atoms with Gasteiger partial charge in [0.15, 0.2) is 0 Å². The van der Waals surface area contributed by atoms with Gasteiger partial charge in [0.05, 0.1) is 11.7 Å². The Hall–Kier alpha value is -0.795. The minimum atomic E-state index is -0.179. The van der Waals surface area contributed by atoms with Crippen LogP contribution in [0.15, 0.2) is 24.3 Å². The Balaban J connectivity index is 1.66. The van der Waals surface area contributed by atoms with Crippen LogP contribution in [0, 0.1) is 24.2 Å². The van der Waals surface area contributed by atoms with Gasteiger partial charge in [-0.3, -0.25) is 0 Å². The van der Waals surface area contributed by atoms with Crippen LogP contribution in [-0.4, -0.2) is 18.8 Å². The first kappa shape index (κ1) is 12.9. The highest BCUT2D eigenvalue weighted by molar-refractivity contribution is 6.62. The Bertz CT molecular complexity index is 556. The molecule has 1 saturated heterocycles. The van der Waals surface area contributed by atoms with Crippen molar-refractivity contribution in [2.75, 3.05) is 0 Å². The summed E-state index contributed by atoms with van der Waals surface area (Å²) in [6.45, 7) is 9.21. The lowest BCUT2D eigenvalue weighted by molar-refractivity contribution is -0.199. The Morgan fingerprint density at radius 2 is 1.90 bits per heavy atom. The molecule has 4 atom stereocenters. The van der Waals surface area contributed by atoms with Crippen LogP contribution in [0.2, 0.25) is 0 Å². The fourth-order valence-electron chi connectivity index (χ4n) is 4.85. The lowest BCUT2D eigenvalue weighted by atomic mass is 9.43. The van der Waals surface area contributed by atoms with Crippen molar-refractivity contribution < 1.29 is 9.31 Å². The van der Waals surface area contributed by atoms with Gasteiger partial charge in [0.1, 0.15) is 0 Å². The molecule has 0 radical (unpaired) electrons. The molecule has 1 aromatic rings. The fraction of sp³-hybridized carbons (Fsp3) is 0.647. The van der Waals surface area contributed by atoms with E-state index in [2.05, 4.69) is 52.0 Å². The lowest BCUT2D eigenvalue weighted by Gasteiger charge is -2.64. The van der Waals surface area contributed by atoms with Crippen molar-refractivity contribution in [3.05, 3.63) is 29.8 Å². The molecule has 0 unspecified atom stereocenters. The van der Waals surface area contributed by atoms with Gasteiger partial charge in [-0.1, -0.05) is 43.7 Å². The highest BCUT2D eigenvalue weighted by Crippen LogP contribution is 2.65. The van der Waals surface area contributed by atoms with Crippen molar-refractivity contribution in [3.8, 4) is 0 Å². The molecule has 106 valence electrons. The fourth-order valence-corrected chi connectivity index (χ4v) is 4.85. The maximum atomic E-state index is 6.48. The van der Waals surface area contributed by atoms with Crippen LogP contribution >= 0.6 is 0 Å². The lowest BCUT2D eigenvalue weighted by Crippen LogP contribution is -2.65. The van der Waals surface area contributed by atoms with E-state index in [1.807, 2.05) is 0 Å². The zero-order valence-electron chi connectivity index (χ0n) is 12.8. The third-order valence-corrected chi connectivity index (χ3v) is 6.39. The Kier molecular flexibility index (Phi) is 2.51. The molecule has 3 aliphatic carbocycles. The summed E-state index contributed by atoms with van der Waals surface area (Å²) in [4.78, 5) is 0. The molecule has 4 aliphatic rings. The van der Waals surface area contributed by atoms with Gasteiger partial charge in [-0.15, -0.1) is 0 Å². The molecular formula is C17H23BO2. The SMILES string of the molecule is Cc1ccccc1B1O[C@@H]2C[C@@H]3C[C@@H](C3(C)C)[C@]2(C)O1. The first-order chi connectivity index (χ1) is 9.43. The molecule has 1 heterocycles. The minimum absolute atomic E-state index is 0.106. The van der Waals surface area contributed by atoms with Crippen LogP contribution in [0.4, 0.5) is 0 Å². The molecule has 5 rings (SSSR count). The third kappa shape index (κ3) is 1.48. The standard InChI is InChI=1S/C17H23BO2/c1-11-7-5-6-8-13(11)18-19-15-10-12-9-14(16(12,2)3)17(15,4)20-18/h5-8,12,14-15H,9-10H2,1-4H3/t12-,14-,15+,17-/m0/s1. The van der Waals surface area contributed by atoms with Crippen LogP contribution in [0.1, 0.15) is 39.2 Å². The summed E-state index contributed by atoms with van der Waals surface area (Å²) in [5, 5.41) is 0. The summed E-state index contributed by atoms with van der Waals surface area (Å²) in [5.74, 6) is 1.44. The number of benzene rings is 1. The molecule has 0 N–H and O–H groups in total. The molecule has 3 saturated carbocycles. The predicted molar refractivity (Wildman–Crippen MR) is 80.9 cm³/mol. The summed E-state index contributed by atoms with van der Waals surface area (Å²) in [6, 6.07) is 8.41. The van der Waals surface area contributed by atoms with Gasteiger partial charge in [-0.25, -0.2) is 0 Å². The normalized spacial score (nSPS) is 41.2. The van der Waals surface area contributed by atoms with E-state index in [1.165, 1.54) is 17.4 Å². The molecule has 2 nitrogen and oxygen atoms in total. The molecule has 2 bridgehead atoms. The molecule has 0 amide bonds. The average Bonchev–Trinajstić information content (AvgIpc) is 2.75. The molecule has 3 heteroatoms. The van der Waals surface area contributed by atoms with E-state index in [1.54, 1.807) is 0 Å². The van der Waals surface area contributed by atoms with Crippen molar-refractivity contribution in [1.82, 2.24) is 0 Å². The van der Waals surface area contributed by atoms with Crippen molar-refractivity contribution in [3.63, 3.8) is 0 Å². The van der Waals surface area contributed by atoms with Crippen molar-refractivity contribution in [1.29, 1.82) is 0 Å². The number of hydrogen-bond donors (Lipinski definition) is 0. The van der Waals surface area contributed by atoms with E-state index >= 15 is 0 Å². The van der Waals surface area contributed by atoms with Crippen LogP contribution in [0.3, 0.4) is 0 Å². The maximum absolute atomic E-state index is 6.48. The van der Waals surface area contributed by atoms with E-state index in [4.69, 9.17) is 9.31 Å². The summed E-state index contributed by atoms with van der Waals surface area (Å²) in [7, 11) is -0.179. The maximum Gasteiger partial charge on any atom is 0.494 e. The van der Waals surface area contributed by atoms with Crippen molar-refractivity contribution >= 4 is 12.6 Å². The quantitative estimate of drug-likeness (QED) is 0.730. The highest BCUT2D eigenvalue weighted by atomic mass is 16.7. The second-order valence-electron chi connectivity index (χ2n) is 7.66. The van der Waals surface area contributed by atoms with Crippen molar-refractivity contribution in [2.24, 2.45) is 17.3 Å². The molecule has 20 heavy (non-hydrogen) atoms. The number of rotatable bonds is 1. The highest BCUT2D eigenvalue weighted by Gasteiger charge is 2.68. The Morgan fingerprint density at radius 1 is 1.15 bits per heavy atom. The van der Waals surface area contributed by atoms with E-state index < -0.39 is 0 Å². The molecule has 4 fully saturated rings. The zero-order valence-corrected chi connectivity index (χ0v) is 12.8. The van der Waals surface area contributed by atoms with Gasteiger partial charge < -0.3 is 9.31 Å². The molecule has 1 aliphatic heterocycles. The second kappa shape index (κ2) is 3.89. The van der Waals surface area contributed by atoms with E-state index in [0.29, 0.717) is 11.3 Å². The van der Waals surface area contributed by atoms with Crippen LogP contribution in [0.5, 0.6) is 0 Å². The monoisotopic (exact) mass is 270 g/mol. The second-order valence-corrected chi connectivity index (χ2v) is 7.66. The van der Waals surface area contributed by atoms with E-state index in [0.717, 1.165) is 12.3 Å². The van der Waals surface area contributed by atoms with Crippen molar-refractivity contribution in [2.45, 2.75) is 52.2 Å². The van der Waals surface area contributed by atoms with Gasteiger partial charge in [0.25, 0.3) is 0 Å². The first-order valence-corrected chi connectivity index (χ1v) is 7.81. The Labute approximate surface area is 122 Å². The summed E-state index contributed by atoms with van der Waals surface area (Å²) >= 11 is 0. The topological polar surface area (TPSA) is 18.5 Å². The summed E-state index contributed by atoms with van der Waals surface area (Å²) < 4.78 is 12.8. The number of aryl methyl sites for hydroxylation is 1. The first-order valence-electron chi connectivity index (χ1n) is 7.81. The van der Waals surface area contributed by atoms with Gasteiger partial charge in [0, 0.05) is 0 Å². The van der Waals surface area contributed by atoms with E-state index in [-0.39, 0.29) is 18.8 Å². The number of hydrogen-bond acceptors (Lipinski definition) is 2. The third-order valence-electron chi connectivity index (χ3n) is 6.39. The van der Waals surface area contributed by atoms with Crippen LogP contribution < -0.4 is 5.46 Å². The zero-order chi connectivity index (χ0) is 14.1. The molecule has 0 aromatic heterocycles. The van der Waals surface area contributed by atoms with Gasteiger partial charge >= 0.3 is 7.12 Å². The van der Waals surface area contributed by atoms with Crippen LogP contribution in [-0.2, 0) is 9.31 Å². The molecule has 1 aromatic carbocycles. The van der Waals surface area contributed by atoms with Gasteiger partial charge in [-0.05, 0) is 49.4 Å². The minimum Gasteiger partial charge on any atom is -0.402 e. The summed E-state index contributed by atoms with van der Waals surface area (Å²) in [5.41, 5.74) is 2.75. The average molecular weight is 270 g/mol. The summed E-state index contributed by atoms with van der Waals surface area (Å²) in [6.07, 6.45) is 2.73. The largest absolute Gasteiger partial charge is 0.494 e. The smallest absolute Gasteiger partial charge is 0.402 e. The Morgan fingerprint density at radius 3 is 2.60 bits per heavy atom. The van der Waals surface area contributed by atoms with Crippen LogP contribution in [0.25, 0.3) is 0 Å².